The van der Waals surface area contributed by atoms with Crippen LogP contribution in [-0.4, -0.2) is 23.5 Å². The summed E-state index contributed by atoms with van der Waals surface area (Å²) < 4.78 is 10.8. The maximum atomic E-state index is 12.2. The summed E-state index contributed by atoms with van der Waals surface area (Å²) in [6.07, 6.45) is -0.895. The van der Waals surface area contributed by atoms with Crippen molar-refractivity contribution in [3.8, 4) is 11.5 Å². The summed E-state index contributed by atoms with van der Waals surface area (Å²) in [4.78, 5) is 22.8. The molecule has 2 aromatic rings. The van der Waals surface area contributed by atoms with Crippen molar-refractivity contribution in [1.29, 1.82) is 0 Å². The van der Waals surface area contributed by atoms with E-state index in [4.69, 9.17) is 9.47 Å². The maximum absolute atomic E-state index is 12.2. The molecule has 132 valence electrons. The number of hydrogen-bond acceptors (Lipinski definition) is 5. The number of carbonyl (C=O) groups is 1. The van der Waals surface area contributed by atoms with E-state index in [0.29, 0.717) is 18.0 Å². The summed E-state index contributed by atoms with van der Waals surface area (Å²) in [5, 5.41) is 13.8. The van der Waals surface area contributed by atoms with E-state index < -0.39 is 16.9 Å². The number of amides is 1. The number of nitrogens with one attached hydrogen (secondary N) is 1. The molecule has 0 aliphatic heterocycles. The molecule has 2 aromatic carbocycles. The number of ether oxygens (including phenoxy) is 2. The monoisotopic (exact) mass is 344 g/mol. The highest BCUT2D eigenvalue weighted by molar-refractivity contribution is 5.94. The van der Waals surface area contributed by atoms with Crippen molar-refractivity contribution in [3.63, 3.8) is 0 Å². The van der Waals surface area contributed by atoms with E-state index in [2.05, 4.69) is 5.32 Å². The average Bonchev–Trinajstić information content (AvgIpc) is 2.58. The summed E-state index contributed by atoms with van der Waals surface area (Å²) in [5.74, 6) is 0.365. The lowest BCUT2D eigenvalue weighted by molar-refractivity contribution is -0.386. The number of nitro benzene ring substituents is 1. The standard InChI is InChI=1S/C18H20N2O5/c1-4-24-15-8-6-14(7-9-15)19-18(21)13(3)25-17-10-5-12(2)11-16(17)20(22)23/h5-11,13H,4H2,1-3H3,(H,19,21)/t13-/m1/s1. The van der Waals surface area contributed by atoms with Crippen LogP contribution >= 0.6 is 0 Å². The van der Waals surface area contributed by atoms with Crippen LogP contribution in [0.15, 0.2) is 42.5 Å². The number of anilines is 1. The predicted octanol–water partition coefficient (Wildman–Crippen LogP) is 3.71. The van der Waals surface area contributed by atoms with Gasteiger partial charge in [0.05, 0.1) is 11.5 Å². The van der Waals surface area contributed by atoms with Crippen molar-refractivity contribution in [3.05, 3.63) is 58.1 Å². The van der Waals surface area contributed by atoms with Crippen molar-refractivity contribution in [2.75, 3.05) is 11.9 Å². The van der Waals surface area contributed by atoms with Gasteiger partial charge in [-0.3, -0.25) is 14.9 Å². The van der Waals surface area contributed by atoms with Gasteiger partial charge in [-0.1, -0.05) is 6.07 Å². The second-order valence-electron chi connectivity index (χ2n) is 5.44. The van der Waals surface area contributed by atoms with Crippen LogP contribution in [-0.2, 0) is 4.79 Å². The molecule has 0 saturated heterocycles. The van der Waals surface area contributed by atoms with Gasteiger partial charge in [-0.25, -0.2) is 0 Å². The number of benzene rings is 2. The Morgan fingerprint density at radius 1 is 1.24 bits per heavy atom. The summed E-state index contributed by atoms with van der Waals surface area (Å²) >= 11 is 0. The quantitative estimate of drug-likeness (QED) is 0.611. The first kappa shape index (κ1) is 18.3. The van der Waals surface area contributed by atoms with Gasteiger partial charge in [0, 0.05) is 11.8 Å². The largest absolute Gasteiger partial charge is 0.494 e. The second-order valence-corrected chi connectivity index (χ2v) is 5.44. The molecule has 0 saturated carbocycles. The van der Waals surface area contributed by atoms with Gasteiger partial charge < -0.3 is 14.8 Å². The van der Waals surface area contributed by atoms with Gasteiger partial charge in [-0.2, -0.15) is 0 Å². The van der Waals surface area contributed by atoms with E-state index in [-0.39, 0.29) is 11.4 Å². The second kappa shape index (κ2) is 8.14. The van der Waals surface area contributed by atoms with E-state index >= 15 is 0 Å². The lowest BCUT2D eigenvalue weighted by atomic mass is 10.2. The summed E-state index contributed by atoms with van der Waals surface area (Å²) in [6.45, 7) is 5.73. The van der Waals surface area contributed by atoms with E-state index in [9.17, 15) is 14.9 Å². The summed E-state index contributed by atoms with van der Waals surface area (Å²) in [5.41, 5.74) is 1.16. The normalized spacial score (nSPS) is 11.5. The van der Waals surface area contributed by atoms with Crippen LogP contribution in [0.4, 0.5) is 11.4 Å². The van der Waals surface area contributed by atoms with Gasteiger partial charge in [0.15, 0.2) is 11.9 Å². The van der Waals surface area contributed by atoms with E-state index in [1.807, 2.05) is 6.92 Å². The number of nitrogens with zero attached hydrogens (tertiary/aromatic N) is 1. The molecule has 25 heavy (non-hydrogen) atoms. The third kappa shape index (κ3) is 4.94. The molecule has 7 nitrogen and oxygen atoms in total. The van der Waals surface area contributed by atoms with E-state index in [0.717, 1.165) is 5.56 Å². The zero-order chi connectivity index (χ0) is 18.4. The molecule has 0 aromatic heterocycles. The van der Waals surface area contributed by atoms with Gasteiger partial charge >= 0.3 is 5.69 Å². The first-order valence-corrected chi connectivity index (χ1v) is 7.86. The zero-order valence-electron chi connectivity index (χ0n) is 14.3. The lowest BCUT2D eigenvalue weighted by Gasteiger charge is -2.15. The van der Waals surface area contributed by atoms with Crippen LogP contribution in [0.1, 0.15) is 19.4 Å². The molecule has 0 heterocycles. The van der Waals surface area contributed by atoms with Crippen LogP contribution < -0.4 is 14.8 Å². The Hall–Kier alpha value is -3.09. The highest BCUT2D eigenvalue weighted by atomic mass is 16.6. The maximum Gasteiger partial charge on any atom is 0.311 e. The molecule has 0 aliphatic rings. The van der Waals surface area contributed by atoms with Crippen LogP contribution in [0.5, 0.6) is 11.5 Å². The number of hydrogen-bond donors (Lipinski definition) is 1. The fourth-order valence-corrected chi connectivity index (χ4v) is 2.16. The number of nitro groups is 1. The van der Waals surface area contributed by atoms with Gasteiger partial charge in [-0.05, 0) is 56.7 Å². The molecular weight excluding hydrogens is 324 g/mol. The minimum atomic E-state index is -0.895. The molecule has 7 heteroatoms. The fraction of sp³-hybridized carbons (Fsp3) is 0.278. The highest BCUT2D eigenvalue weighted by Gasteiger charge is 2.21. The Morgan fingerprint density at radius 3 is 2.52 bits per heavy atom. The SMILES string of the molecule is CCOc1ccc(NC(=O)[C@@H](C)Oc2ccc(C)cc2[N+](=O)[O-])cc1. The van der Waals surface area contributed by atoms with Crippen molar-refractivity contribution in [1.82, 2.24) is 0 Å². The highest BCUT2D eigenvalue weighted by Crippen LogP contribution is 2.28. The Morgan fingerprint density at radius 2 is 1.92 bits per heavy atom. The minimum Gasteiger partial charge on any atom is -0.494 e. The molecular formula is C18H20N2O5. The molecule has 2 rings (SSSR count). The molecule has 1 N–H and O–H groups in total. The van der Waals surface area contributed by atoms with Gasteiger partial charge in [0.2, 0.25) is 0 Å². The molecule has 0 fully saturated rings. The van der Waals surface area contributed by atoms with Gasteiger partial charge in [0.1, 0.15) is 5.75 Å². The summed E-state index contributed by atoms with van der Waals surface area (Å²) in [6, 6.07) is 11.5. The van der Waals surface area contributed by atoms with Gasteiger partial charge in [0.25, 0.3) is 5.91 Å². The Labute approximate surface area is 145 Å². The first-order valence-electron chi connectivity index (χ1n) is 7.86. The first-order chi connectivity index (χ1) is 11.9. The number of rotatable bonds is 7. The molecule has 1 amide bonds. The predicted molar refractivity (Wildman–Crippen MR) is 94.2 cm³/mol. The van der Waals surface area contributed by atoms with E-state index in [1.165, 1.54) is 19.1 Å². The molecule has 0 radical (unpaired) electrons. The van der Waals surface area contributed by atoms with Crippen LogP contribution in [0, 0.1) is 17.0 Å². The fourth-order valence-electron chi connectivity index (χ4n) is 2.16. The number of carbonyl (C=O) groups excluding carboxylic acids is 1. The minimum absolute atomic E-state index is 0.0601. The average molecular weight is 344 g/mol. The molecule has 0 bridgehead atoms. The van der Waals surface area contributed by atoms with Crippen molar-refractivity contribution >= 4 is 17.3 Å². The third-order valence-electron chi connectivity index (χ3n) is 3.42. The van der Waals surface area contributed by atoms with Crippen LogP contribution in [0.3, 0.4) is 0 Å². The van der Waals surface area contributed by atoms with Crippen molar-refractivity contribution in [2.24, 2.45) is 0 Å². The van der Waals surface area contributed by atoms with Crippen molar-refractivity contribution < 1.29 is 19.2 Å². The molecule has 0 unspecified atom stereocenters. The van der Waals surface area contributed by atoms with Crippen LogP contribution in [0.25, 0.3) is 0 Å². The third-order valence-corrected chi connectivity index (χ3v) is 3.42. The zero-order valence-corrected chi connectivity index (χ0v) is 14.3. The molecule has 0 spiro atoms. The van der Waals surface area contributed by atoms with Crippen molar-refractivity contribution in [2.45, 2.75) is 26.9 Å². The Bertz CT molecular complexity index is 759. The smallest absolute Gasteiger partial charge is 0.311 e. The van der Waals surface area contributed by atoms with E-state index in [1.54, 1.807) is 37.3 Å². The molecule has 1 atom stereocenters. The molecule has 0 aliphatic carbocycles. The Kier molecular flexibility index (Phi) is 5.94. The van der Waals surface area contributed by atoms with Gasteiger partial charge in [-0.15, -0.1) is 0 Å². The number of aryl methyl sites for hydroxylation is 1. The summed E-state index contributed by atoms with van der Waals surface area (Å²) in [7, 11) is 0. The lowest BCUT2D eigenvalue weighted by Crippen LogP contribution is -2.30. The Balaban J connectivity index is 2.04. The topological polar surface area (TPSA) is 90.7 Å². The van der Waals surface area contributed by atoms with Crippen LogP contribution in [0.2, 0.25) is 0 Å².